The maximum Gasteiger partial charge on any atom is 0.361 e. The van der Waals surface area contributed by atoms with Crippen LogP contribution in [0.3, 0.4) is 0 Å². The molecular weight excluding hydrogens is 971 g/mol. The third-order valence-electron chi connectivity index (χ3n) is 12.6. The molecular formula is C69H114NO8+. The van der Waals surface area contributed by atoms with Gasteiger partial charge < -0.3 is 28.5 Å². The largest absolute Gasteiger partial charge is 0.477 e. The standard InChI is InChI=1S/C69H113NO8/c1-6-8-10-12-14-16-18-20-22-24-25-26-27-28-29-30-31-32-33-34-35-36-37-38-39-40-41-42-43-44-46-48-50-52-54-56-58-60-67(72)78-65(64-77-69(68(73)74)75-62-61-70(3,4)5)63-76-66(71)59-57-55-53-51-49-47-45-23-21-19-17-15-13-11-9-7-2/h8,10,14,16,20,22-23,25-26,28-29,31-32,34-35,37-38,40-41,43-45,65,69H,6-7,9,11-13,15,17-19,21,24,27,30,33,36,39,42,46-64H2,1-5H3/p+1/b10-8-,16-14-,22-20-,26-25-,29-28-,32-31-,35-34-,38-37-,41-40-,44-43-,45-23-. The van der Waals surface area contributed by atoms with Crippen molar-refractivity contribution in [1.82, 2.24) is 0 Å². The number of unbranched alkanes of at least 4 members (excludes halogenated alkanes) is 18. The van der Waals surface area contributed by atoms with Gasteiger partial charge in [0.1, 0.15) is 13.2 Å². The number of ether oxygens (including phenoxy) is 4. The first-order chi connectivity index (χ1) is 38.1. The van der Waals surface area contributed by atoms with Gasteiger partial charge in [0.2, 0.25) is 0 Å². The molecule has 0 aliphatic carbocycles. The van der Waals surface area contributed by atoms with E-state index in [0.29, 0.717) is 17.4 Å². The lowest BCUT2D eigenvalue weighted by Gasteiger charge is -2.25. The number of hydrogen-bond acceptors (Lipinski definition) is 7. The van der Waals surface area contributed by atoms with Crippen molar-refractivity contribution in [3.63, 3.8) is 0 Å². The summed E-state index contributed by atoms with van der Waals surface area (Å²) >= 11 is 0. The van der Waals surface area contributed by atoms with E-state index in [1.54, 1.807) is 0 Å². The zero-order chi connectivity index (χ0) is 56.9. The molecule has 0 aliphatic heterocycles. The van der Waals surface area contributed by atoms with Gasteiger partial charge in [-0.05, 0) is 116 Å². The summed E-state index contributed by atoms with van der Waals surface area (Å²) in [6.45, 7) is 4.72. The summed E-state index contributed by atoms with van der Waals surface area (Å²) in [4.78, 5) is 37.4. The number of carboxylic acids is 1. The third-order valence-corrected chi connectivity index (χ3v) is 12.6. The zero-order valence-electron chi connectivity index (χ0n) is 50.3. The molecule has 0 saturated heterocycles. The van der Waals surface area contributed by atoms with E-state index in [1.807, 2.05) is 21.1 Å². The molecule has 9 heteroatoms. The molecule has 78 heavy (non-hydrogen) atoms. The molecule has 0 rings (SSSR count). The average Bonchev–Trinajstić information content (AvgIpc) is 3.41. The first-order valence-electron chi connectivity index (χ1n) is 30.8. The summed E-state index contributed by atoms with van der Waals surface area (Å²) in [5, 5.41) is 9.70. The monoisotopic (exact) mass is 1080 g/mol. The Morgan fingerprint density at radius 2 is 0.731 bits per heavy atom. The number of nitrogens with zero attached hydrogens (tertiary/aromatic N) is 1. The number of esters is 2. The van der Waals surface area contributed by atoms with Crippen LogP contribution in [0, 0.1) is 0 Å². The van der Waals surface area contributed by atoms with Gasteiger partial charge in [-0.3, -0.25) is 9.59 Å². The molecule has 442 valence electrons. The predicted molar refractivity (Wildman–Crippen MR) is 331 cm³/mol. The summed E-state index contributed by atoms with van der Waals surface area (Å²) in [7, 11) is 5.95. The van der Waals surface area contributed by atoms with Crippen LogP contribution in [-0.4, -0.2) is 87.4 Å². The van der Waals surface area contributed by atoms with E-state index in [1.165, 1.54) is 51.4 Å². The molecule has 0 saturated carbocycles. The number of rotatable bonds is 55. The van der Waals surface area contributed by atoms with E-state index >= 15 is 0 Å². The van der Waals surface area contributed by atoms with Crippen LogP contribution in [0.5, 0.6) is 0 Å². The highest BCUT2D eigenvalue weighted by molar-refractivity contribution is 5.71. The second kappa shape index (κ2) is 58.6. The van der Waals surface area contributed by atoms with Crippen LogP contribution in [0.1, 0.15) is 226 Å². The molecule has 0 fully saturated rings. The summed E-state index contributed by atoms with van der Waals surface area (Å²) in [5.74, 6) is -2.05. The van der Waals surface area contributed by atoms with E-state index < -0.39 is 24.3 Å². The van der Waals surface area contributed by atoms with Crippen LogP contribution in [0.15, 0.2) is 134 Å². The summed E-state index contributed by atoms with van der Waals surface area (Å²) in [6, 6.07) is 0. The van der Waals surface area contributed by atoms with E-state index in [2.05, 4.69) is 148 Å². The van der Waals surface area contributed by atoms with Crippen LogP contribution in [-0.2, 0) is 33.3 Å². The molecule has 0 radical (unpaired) electrons. The first kappa shape index (κ1) is 73.4. The number of aliphatic carboxylic acids is 1. The van der Waals surface area contributed by atoms with Crippen LogP contribution in [0.25, 0.3) is 0 Å². The Labute approximate surface area is 478 Å². The van der Waals surface area contributed by atoms with Crippen molar-refractivity contribution in [3.8, 4) is 0 Å². The molecule has 0 amide bonds. The van der Waals surface area contributed by atoms with E-state index in [-0.39, 0.29) is 38.6 Å². The number of carbonyl (C=O) groups is 3. The van der Waals surface area contributed by atoms with Crippen LogP contribution in [0.2, 0.25) is 0 Å². The number of carbonyl (C=O) groups excluding carboxylic acids is 2. The van der Waals surface area contributed by atoms with Crippen LogP contribution < -0.4 is 0 Å². The van der Waals surface area contributed by atoms with Gasteiger partial charge in [0.05, 0.1) is 34.4 Å². The molecule has 0 aromatic carbocycles. The summed E-state index contributed by atoms with van der Waals surface area (Å²) in [5.41, 5.74) is 0. The predicted octanol–water partition coefficient (Wildman–Crippen LogP) is 18.6. The molecule has 0 bridgehead atoms. The van der Waals surface area contributed by atoms with Gasteiger partial charge in [-0.15, -0.1) is 0 Å². The smallest absolute Gasteiger partial charge is 0.361 e. The van der Waals surface area contributed by atoms with Crippen molar-refractivity contribution in [3.05, 3.63) is 134 Å². The molecule has 0 aromatic heterocycles. The molecule has 0 aliphatic rings. The zero-order valence-corrected chi connectivity index (χ0v) is 50.3. The summed E-state index contributed by atoms with van der Waals surface area (Å²) < 4.78 is 22.8. The van der Waals surface area contributed by atoms with Gasteiger partial charge in [0.15, 0.2) is 6.10 Å². The molecule has 0 spiro atoms. The maximum absolute atomic E-state index is 12.9. The minimum Gasteiger partial charge on any atom is -0.477 e. The van der Waals surface area contributed by atoms with Gasteiger partial charge in [-0.2, -0.15) is 0 Å². The molecule has 9 nitrogen and oxygen atoms in total. The quantitative estimate of drug-likeness (QED) is 0.0211. The van der Waals surface area contributed by atoms with Crippen molar-refractivity contribution in [1.29, 1.82) is 0 Å². The fourth-order valence-corrected chi connectivity index (χ4v) is 7.92. The minimum absolute atomic E-state index is 0.177. The molecule has 0 heterocycles. The van der Waals surface area contributed by atoms with Gasteiger partial charge in [0, 0.05) is 12.8 Å². The lowest BCUT2D eigenvalue weighted by molar-refractivity contribution is -0.870. The number of likely N-dealkylation sites (N-methyl/N-ethyl adjacent to an activating group) is 1. The second-order valence-corrected chi connectivity index (χ2v) is 21.3. The number of carboxylic acid groups (broad SMARTS) is 1. The average molecular weight is 1090 g/mol. The van der Waals surface area contributed by atoms with E-state index in [4.69, 9.17) is 18.9 Å². The van der Waals surface area contributed by atoms with Gasteiger partial charge in [-0.1, -0.05) is 231 Å². The Morgan fingerprint density at radius 3 is 1.10 bits per heavy atom. The number of hydrogen-bond donors (Lipinski definition) is 1. The van der Waals surface area contributed by atoms with Gasteiger partial charge in [0.25, 0.3) is 6.29 Å². The third kappa shape index (κ3) is 59.1. The molecule has 2 atom stereocenters. The Morgan fingerprint density at radius 1 is 0.397 bits per heavy atom. The maximum atomic E-state index is 12.9. The van der Waals surface area contributed by atoms with E-state index in [9.17, 15) is 19.5 Å². The molecule has 2 unspecified atom stereocenters. The lowest BCUT2D eigenvalue weighted by Crippen LogP contribution is -2.40. The minimum atomic E-state index is -1.52. The first-order valence-corrected chi connectivity index (χ1v) is 30.8. The van der Waals surface area contributed by atoms with Crippen molar-refractivity contribution in [2.24, 2.45) is 0 Å². The molecule has 1 N–H and O–H groups in total. The lowest BCUT2D eigenvalue weighted by atomic mass is 10.1. The Balaban J connectivity index is 4.25. The Hall–Kier alpha value is -4.57. The summed E-state index contributed by atoms with van der Waals surface area (Å²) in [6.07, 6.45) is 81.1. The second-order valence-electron chi connectivity index (χ2n) is 21.3. The van der Waals surface area contributed by atoms with Crippen LogP contribution >= 0.6 is 0 Å². The normalized spacial score (nSPS) is 13.7. The topological polar surface area (TPSA) is 108 Å². The van der Waals surface area contributed by atoms with Gasteiger partial charge in [-0.25, -0.2) is 4.79 Å². The SMILES string of the molecule is CC/C=C\C/C=C\C/C=C\C/C=C\C/C=C\C/C=C\C/C=C\C/C=C\C/C=C\C/C=C\CCCCCCCCC(=O)OC(COC(=O)CCCCCCC/C=C\CCCCCCCCC)COC(OCC[N+](C)(C)C)C(=O)O. The fraction of sp³-hybridized carbons (Fsp3) is 0.638. The highest BCUT2D eigenvalue weighted by Gasteiger charge is 2.25. The highest BCUT2D eigenvalue weighted by atomic mass is 16.7. The van der Waals surface area contributed by atoms with Crippen molar-refractivity contribution in [2.45, 2.75) is 238 Å². The van der Waals surface area contributed by atoms with E-state index in [0.717, 1.165) is 141 Å². The molecule has 0 aromatic rings. The van der Waals surface area contributed by atoms with Crippen molar-refractivity contribution >= 4 is 17.9 Å². The van der Waals surface area contributed by atoms with Crippen molar-refractivity contribution in [2.75, 3.05) is 47.5 Å². The number of quaternary nitrogens is 1. The Kier molecular flexibility index (Phi) is 55.1. The Bertz CT molecular complexity index is 1740. The number of allylic oxidation sites excluding steroid dienone is 22. The van der Waals surface area contributed by atoms with Gasteiger partial charge >= 0.3 is 17.9 Å². The highest BCUT2D eigenvalue weighted by Crippen LogP contribution is 2.14. The fourth-order valence-electron chi connectivity index (χ4n) is 7.92. The van der Waals surface area contributed by atoms with Crippen molar-refractivity contribution < 1.29 is 42.9 Å². The van der Waals surface area contributed by atoms with Crippen LogP contribution in [0.4, 0.5) is 0 Å².